The smallest absolute Gasteiger partial charge is 0.233 e. The minimum Gasteiger partial charge on any atom is -0.372 e. The van der Waals surface area contributed by atoms with Gasteiger partial charge >= 0.3 is 0 Å². The zero-order valence-electron chi connectivity index (χ0n) is 17.3. The van der Waals surface area contributed by atoms with Crippen molar-refractivity contribution in [2.75, 3.05) is 18.8 Å². The van der Waals surface area contributed by atoms with Crippen molar-refractivity contribution in [3.8, 4) is 5.69 Å². The van der Waals surface area contributed by atoms with Crippen LogP contribution in [0.3, 0.4) is 0 Å². The lowest BCUT2D eigenvalue weighted by Crippen LogP contribution is -2.48. The maximum absolute atomic E-state index is 12.8. The molecule has 1 amide bonds. The van der Waals surface area contributed by atoms with E-state index in [4.69, 9.17) is 4.74 Å². The summed E-state index contributed by atoms with van der Waals surface area (Å²) in [6.07, 6.45) is 0.803. The highest BCUT2D eigenvalue weighted by atomic mass is 32.2. The van der Waals surface area contributed by atoms with Crippen LogP contribution >= 0.6 is 11.8 Å². The molecule has 2 heterocycles. The molecular formula is C23H26N4O2S. The molecule has 0 bridgehead atoms. The third kappa shape index (κ3) is 4.91. The molecular weight excluding hydrogens is 396 g/mol. The van der Waals surface area contributed by atoms with Gasteiger partial charge in [0.2, 0.25) is 5.91 Å². The Morgan fingerprint density at radius 2 is 1.63 bits per heavy atom. The average molecular weight is 423 g/mol. The van der Waals surface area contributed by atoms with E-state index in [0.717, 1.165) is 16.7 Å². The number of amides is 1. The van der Waals surface area contributed by atoms with Gasteiger partial charge in [-0.3, -0.25) is 9.36 Å². The summed E-state index contributed by atoms with van der Waals surface area (Å²) in [5, 5.41) is 9.60. The van der Waals surface area contributed by atoms with E-state index in [1.54, 1.807) is 0 Å². The number of ether oxygens (including phenoxy) is 1. The van der Waals surface area contributed by atoms with E-state index in [1.807, 2.05) is 67.3 Å². The van der Waals surface area contributed by atoms with Gasteiger partial charge in [0.25, 0.3) is 0 Å². The molecule has 4 rings (SSSR count). The molecule has 3 aromatic rings. The van der Waals surface area contributed by atoms with Gasteiger partial charge < -0.3 is 9.64 Å². The summed E-state index contributed by atoms with van der Waals surface area (Å²) in [4.78, 5) is 14.7. The van der Waals surface area contributed by atoms with Gasteiger partial charge in [0.15, 0.2) is 5.16 Å². The third-order valence-electron chi connectivity index (χ3n) is 5.02. The Morgan fingerprint density at radius 3 is 2.30 bits per heavy atom. The number of benzene rings is 2. The lowest BCUT2D eigenvalue weighted by atomic mass is 10.1. The fraction of sp³-hybridized carbons (Fsp3) is 0.348. The fourth-order valence-electron chi connectivity index (χ4n) is 3.72. The van der Waals surface area contributed by atoms with Gasteiger partial charge in [0.05, 0.1) is 18.0 Å². The second-order valence-corrected chi connectivity index (χ2v) is 8.52. The van der Waals surface area contributed by atoms with Crippen molar-refractivity contribution in [1.29, 1.82) is 0 Å². The van der Waals surface area contributed by atoms with Crippen LogP contribution in [0.25, 0.3) is 5.69 Å². The summed E-state index contributed by atoms with van der Waals surface area (Å²) in [6.45, 7) is 5.28. The second-order valence-electron chi connectivity index (χ2n) is 7.58. The molecule has 0 spiro atoms. The van der Waals surface area contributed by atoms with Crippen molar-refractivity contribution in [3.63, 3.8) is 0 Å². The van der Waals surface area contributed by atoms with Gasteiger partial charge in [-0.15, -0.1) is 10.2 Å². The first-order valence-electron chi connectivity index (χ1n) is 10.2. The quantitative estimate of drug-likeness (QED) is 0.568. The summed E-state index contributed by atoms with van der Waals surface area (Å²) in [7, 11) is 0. The normalized spacial score (nSPS) is 19.1. The molecule has 30 heavy (non-hydrogen) atoms. The van der Waals surface area contributed by atoms with Gasteiger partial charge in [-0.05, 0) is 31.5 Å². The molecule has 0 N–H and O–H groups in total. The number of rotatable bonds is 6. The number of carbonyl (C=O) groups is 1. The van der Waals surface area contributed by atoms with Crippen molar-refractivity contribution < 1.29 is 9.53 Å². The third-order valence-corrected chi connectivity index (χ3v) is 5.93. The van der Waals surface area contributed by atoms with Gasteiger partial charge in [0.1, 0.15) is 5.82 Å². The minimum absolute atomic E-state index is 0.0631. The van der Waals surface area contributed by atoms with E-state index < -0.39 is 0 Å². The predicted molar refractivity (Wildman–Crippen MR) is 118 cm³/mol. The molecule has 1 aliphatic rings. The zero-order valence-corrected chi connectivity index (χ0v) is 18.1. The summed E-state index contributed by atoms with van der Waals surface area (Å²) >= 11 is 1.43. The van der Waals surface area contributed by atoms with E-state index in [0.29, 0.717) is 25.3 Å². The van der Waals surface area contributed by atoms with Gasteiger partial charge in [-0.25, -0.2) is 0 Å². The van der Waals surface area contributed by atoms with E-state index in [9.17, 15) is 4.79 Å². The highest BCUT2D eigenvalue weighted by molar-refractivity contribution is 7.99. The van der Waals surface area contributed by atoms with Crippen LogP contribution in [0.2, 0.25) is 0 Å². The van der Waals surface area contributed by atoms with Crippen LogP contribution in [0.15, 0.2) is 65.8 Å². The molecule has 2 atom stereocenters. The maximum Gasteiger partial charge on any atom is 0.233 e. The van der Waals surface area contributed by atoms with E-state index in [2.05, 4.69) is 26.9 Å². The summed E-state index contributed by atoms with van der Waals surface area (Å²) in [6, 6.07) is 20.3. The lowest BCUT2D eigenvalue weighted by Gasteiger charge is -2.35. The van der Waals surface area contributed by atoms with Crippen LogP contribution in [0.5, 0.6) is 0 Å². The standard InChI is InChI=1S/C23H26N4O2S/c1-17-14-26(15-18(2)29-17)22(28)16-30-23-25-24-21(13-19-9-5-3-6-10-19)27(23)20-11-7-4-8-12-20/h3-12,17-18H,13-16H2,1-2H3. The van der Waals surface area contributed by atoms with Crippen molar-refractivity contribution in [2.45, 2.75) is 37.6 Å². The molecule has 156 valence electrons. The molecule has 7 heteroatoms. The topological polar surface area (TPSA) is 60.2 Å². The Hall–Kier alpha value is -2.64. The van der Waals surface area contributed by atoms with Crippen molar-refractivity contribution >= 4 is 17.7 Å². The Labute approximate surface area is 181 Å². The van der Waals surface area contributed by atoms with Gasteiger partial charge in [-0.2, -0.15) is 0 Å². The predicted octanol–water partition coefficient (Wildman–Crippen LogP) is 3.59. The number of para-hydroxylation sites is 1. The first-order chi connectivity index (χ1) is 14.6. The maximum atomic E-state index is 12.8. The molecule has 1 aliphatic heterocycles. The highest BCUT2D eigenvalue weighted by Gasteiger charge is 2.26. The molecule has 0 saturated carbocycles. The number of morpholine rings is 1. The van der Waals surface area contributed by atoms with Crippen LogP contribution in [0.1, 0.15) is 25.2 Å². The zero-order chi connectivity index (χ0) is 20.9. The first kappa shape index (κ1) is 20.6. The molecule has 1 saturated heterocycles. The number of hydrogen-bond donors (Lipinski definition) is 0. The SMILES string of the molecule is CC1CN(C(=O)CSc2nnc(Cc3ccccc3)n2-c2ccccc2)CC(C)O1. The molecule has 0 radical (unpaired) electrons. The Bertz CT molecular complexity index is 967. The minimum atomic E-state index is 0.0631. The monoisotopic (exact) mass is 422 g/mol. The van der Waals surface area contributed by atoms with Crippen molar-refractivity contribution in [2.24, 2.45) is 0 Å². The number of carbonyl (C=O) groups excluding carboxylic acids is 1. The molecule has 1 aromatic heterocycles. The molecule has 0 aliphatic carbocycles. The van der Waals surface area contributed by atoms with Crippen LogP contribution in [-0.4, -0.2) is 56.6 Å². The average Bonchev–Trinajstić information content (AvgIpc) is 3.15. The largest absolute Gasteiger partial charge is 0.372 e. The Balaban J connectivity index is 1.53. The van der Waals surface area contributed by atoms with Crippen molar-refractivity contribution in [3.05, 3.63) is 72.1 Å². The van der Waals surface area contributed by atoms with Crippen molar-refractivity contribution in [1.82, 2.24) is 19.7 Å². The van der Waals surface area contributed by atoms with E-state index >= 15 is 0 Å². The Kier molecular flexibility index (Phi) is 6.50. The van der Waals surface area contributed by atoms with Crippen LogP contribution in [0, 0.1) is 0 Å². The summed E-state index contributed by atoms with van der Waals surface area (Å²) < 4.78 is 7.79. The van der Waals surface area contributed by atoms with Gasteiger partial charge in [-0.1, -0.05) is 60.3 Å². The van der Waals surface area contributed by atoms with E-state index in [1.165, 1.54) is 17.3 Å². The second kappa shape index (κ2) is 9.45. The molecule has 6 nitrogen and oxygen atoms in total. The van der Waals surface area contributed by atoms with Crippen LogP contribution in [0.4, 0.5) is 0 Å². The molecule has 2 aromatic carbocycles. The fourth-order valence-corrected chi connectivity index (χ4v) is 4.60. The number of nitrogens with zero attached hydrogens (tertiary/aromatic N) is 4. The highest BCUT2D eigenvalue weighted by Crippen LogP contribution is 2.24. The molecule has 1 fully saturated rings. The number of aromatic nitrogens is 3. The number of hydrogen-bond acceptors (Lipinski definition) is 5. The first-order valence-corrected chi connectivity index (χ1v) is 11.2. The van der Waals surface area contributed by atoms with Gasteiger partial charge in [0, 0.05) is 25.2 Å². The summed E-state index contributed by atoms with van der Waals surface area (Å²) in [5.41, 5.74) is 2.17. The number of thioether (sulfide) groups is 1. The molecule has 2 unspecified atom stereocenters. The van der Waals surface area contributed by atoms with Crippen LogP contribution < -0.4 is 0 Å². The summed E-state index contributed by atoms with van der Waals surface area (Å²) in [5.74, 6) is 1.29. The lowest BCUT2D eigenvalue weighted by molar-refractivity contribution is -0.140. The van der Waals surface area contributed by atoms with Crippen LogP contribution in [-0.2, 0) is 16.0 Å². The van der Waals surface area contributed by atoms with E-state index in [-0.39, 0.29) is 18.1 Å². The Morgan fingerprint density at radius 1 is 1.00 bits per heavy atom.